The highest BCUT2D eigenvalue weighted by Crippen LogP contribution is 2.24. The molecule has 1 fully saturated rings. The van der Waals surface area contributed by atoms with Crippen LogP contribution in [-0.4, -0.2) is 27.9 Å². The zero-order valence-corrected chi connectivity index (χ0v) is 16.0. The Bertz CT molecular complexity index is 1040. The van der Waals surface area contributed by atoms with Crippen LogP contribution in [0.5, 0.6) is 0 Å². The van der Waals surface area contributed by atoms with Crippen molar-refractivity contribution in [1.29, 1.82) is 0 Å². The fourth-order valence-electron chi connectivity index (χ4n) is 3.56. The summed E-state index contributed by atoms with van der Waals surface area (Å²) in [5.74, 6) is 0.0630. The molecule has 2 heterocycles. The number of imidazole rings is 1. The molecule has 4 rings (SSSR count). The number of nitrogens with zero attached hydrogens (tertiary/aromatic N) is 3. The molecule has 0 bridgehead atoms. The van der Waals surface area contributed by atoms with Gasteiger partial charge in [0.15, 0.2) is 0 Å². The first kappa shape index (κ1) is 18.9. The van der Waals surface area contributed by atoms with Gasteiger partial charge in [-0.25, -0.2) is 9.37 Å². The Morgan fingerprint density at radius 1 is 1.21 bits per heavy atom. The van der Waals surface area contributed by atoms with Gasteiger partial charge in [0.1, 0.15) is 17.7 Å². The molecule has 0 spiro atoms. The van der Waals surface area contributed by atoms with E-state index in [1.54, 1.807) is 47.6 Å². The van der Waals surface area contributed by atoms with Gasteiger partial charge in [-0.05, 0) is 42.3 Å². The van der Waals surface area contributed by atoms with E-state index in [0.717, 1.165) is 17.7 Å². The number of halogens is 1. The number of carbonyl (C=O) groups is 2. The molecule has 1 aromatic heterocycles. The van der Waals surface area contributed by atoms with Gasteiger partial charge in [0.2, 0.25) is 5.91 Å². The average molecular weight is 392 g/mol. The summed E-state index contributed by atoms with van der Waals surface area (Å²) in [5.41, 5.74) is 1.89. The Morgan fingerprint density at radius 2 is 2.00 bits per heavy atom. The maximum atomic E-state index is 13.4. The normalized spacial score (nSPS) is 14.8. The molecule has 2 amide bonds. The predicted octanol–water partition coefficient (Wildman–Crippen LogP) is 3.21. The lowest BCUT2D eigenvalue weighted by molar-refractivity contribution is -0.117. The quantitative estimate of drug-likeness (QED) is 0.725. The van der Waals surface area contributed by atoms with Gasteiger partial charge in [-0.2, -0.15) is 0 Å². The lowest BCUT2D eigenvalue weighted by Crippen LogP contribution is -2.31. The summed E-state index contributed by atoms with van der Waals surface area (Å²) < 4.78 is 15.2. The van der Waals surface area contributed by atoms with Crippen LogP contribution in [0.1, 0.15) is 40.6 Å². The van der Waals surface area contributed by atoms with Crippen LogP contribution in [0.25, 0.3) is 0 Å². The molecule has 7 heteroatoms. The van der Waals surface area contributed by atoms with Crippen molar-refractivity contribution in [1.82, 2.24) is 14.9 Å². The molecule has 1 atom stereocenters. The van der Waals surface area contributed by atoms with Crippen LogP contribution in [-0.2, 0) is 11.8 Å². The second kappa shape index (κ2) is 7.87. The van der Waals surface area contributed by atoms with Crippen molar-refractivity contribution in [2.75, 3.05) is 11.4 Å². The van der Waals surface area contributed by atoms with E-state index in [4.69, 9.17) is 0 Å². The first-order valence-corrected chi connectivity index (χ1v) is 9.47. The summed E-state index contributed by atoms with van der Waals surface area (Å²) in [4.78, 5) is 31.1. The highest BCUT2D eigenvalue weighted by Gasteiger charge is 2.24. The van der Waals surface area contributed by atoms with Gasteiger partial charge in [-0.15, -0.1) is 0 Å². The van der Waals surface area contributed by atoms with Crippen molar-refractivity contribution in [3.8, 4) is 0 Å². The number of carbonyl (C=O) groups excluding carboxylic acids is 2. The zero-order valence-electron chi connectivity index (χ0n) is 16.0. The van der Waals surface area contributed by atoms with Crippen LogP contribution < -0.4 is 10.2 Å². The van der Waals surface area contributed by atoms with Gasteiger partial charge in [0.25, 0.3) is 5.91 Å². The van der Waals surface area contributed by atoms with Crippen LogP contribution in [0.3, 0.4) is 0 Å². The van der Waals surface area contributed by atoms with E-state index in [1.165, 1.54) is 12.1 Å². The topological polar surface area (TPSA) is 67.2 Å². The van der Waals surface area contributed by atoms with E-state index in [9.17, 15) is 14.0 Å². The van der Waals surface area contributed by atoms with E-state index in [1.807, 2.05) is 17.7 Å². The molecule has 2 aromatic carbocycles. The Morgan fingerprint density at radius 3 is 2.66 bits per heavy atom. The molecule has 1 saturated heterocycles. The van der Waals surface area contributed by atoms with Crippen molar-refractivity contribution in [2.24, 2.45) is 7.05 Å². The van der Waals surface area contributed by atoms with E-state index in [2.05, 4.69) is 10.3 Å². The van der Waals surface area contributed by atoms with Gasteiger partial charge in [0, 0.05) is 43.7 Å². The molecule has 1 aliphatic heterocycles. The van der Waals surface area contributed by atoms with Gasteiger partial charge in [0.05, 0.1) is 0 Å². The molecule has 148 valence electrons. The van der Waals surface area contributed by atoms with Crippen LogP contribution >= 0.6 is 0 Å². The molecular weight excluding hydrogens is 371 g/mol. The summed E-state index contributed by atoms with van der Waals surface area (Å²) in [5, 5.41) is 2.99. The number of hydrogen-bond acceptors (Lipinski definition) is 3. The predicted molar refractivity (Wildman–Crippen MR) is 107 cm³/mol. The maximum absolute atomic E-state index is 13.4. The van der Waals surface area contributed by atoms with Crippen molar-refractivity contribution >= 4 is 17.5 Å². The molecule has 0 saturated carbocycles. The van der Waals surface area contributed by atoms with Crippen molar-refractivity contribution < 1.29 is 14.0 Å². The summed E-state index contributed by atoms with van der Waals surface area (Å²) in [6.45, 7) is 0.662. The van der Waals surface area contributed by atoms with E-state index >= 15 is 0 Å². The minimum atomic E-state index is -0.542. The number of anilines is 1. The van der Waals surface area contributed by atoms with Crippen LogP contribution in [0.4, 0.5) is 10.1 Å². The fraction of sp³-hybridized carbons (Fsp3) is 0.227. The largest absolute Gasteiger partial charge is 0.338 e. The summed E-state index contributed by atoms with van der Waals surface area (Å²) in [6, 6.07) is 12.5. The smallest absolute Gasteiger partial charge is 0.252 e. The second-order valence-corrected chi connectivity index (χ2v) is 7.05. The Labute approximate surface area is 168 Å². The molecular formula is C22H21FN4O2. The van der Waals surface area contributed by atoms with Crippen LogP contribution in [0.2, 0.25) is 0 Å². The van der Waals surface area contributed by atoms with Gasteiger partial charge in [-0.1, -0.05) is 18.2 Å². The highest BCUT2D eigenvalue weighted by molar-refractivity contribution is 5.99. The number of benzene rings is 2. The Balaban J connectivity index is 1.62. The lowest BCUT2D eigenvalue weighted by atomic mass is 10.0. The van der Waals surface area contributed by atoms with E-state index in [0.29, 0.717) is 24.4 Å². The molecule has 29 heavy (non-hydrogen) atoms. The fourth-order valence-corrected chi connectivity index (χ4v) is 3.56. The first-order valence-electron chi connectivity index (χ1n) is 9.47. The van der Waals surface area contributed by atoms with Gasteiger partial charge in [-0.3, -0.25) is 9.59 Å². The molecule has 1 N–H and O–H groups in total. The van der Waals surface area contributed by atoms with Crippen LogP contribution in [0.15, 0.2) is 60.9 Å². The molecule has 1 aliphatic rings. The number of amides is 2. The summed E-state index contributed by atoms with van der Waals surface area (Å²) in [7, 11) is 1.84. The molecule has 1 unspecified atom stereocenters. The summed E-state index contributed by atoms with van der Waals surface area (Å²) >= 11 is 0. The van der Waals surface area contributed by atoms with Gasteiger partial charge >= 0.3 is 0 Å². The standard InChI is InChI=1S/C22H21FN4O2/c1-26-13-11-24-21(26)20(15-7-9-17(23)10-8-15)25-22(29)16-4-2-5-18(14-16)27-12-3-6-19(27)28/h2,4-5,7-11,13-14,20H,3,6,12H2,1H3,(H,25,29). The first-order chi connectivity index (χ1) is 14.0. The number of aromatic nitrogens is 2. The molecule has 3 aromatic rings. The SMILES string of the molecule is Cn1ccnc1C(NC(=O)c1cccc(N2CCCC2=O)c1)c1ccc(F)cc1. The van der Waals surface area contributed by atoms with E-state index < -0.39 is 6.04 Å². The van der Waals surface area contributed by atoms with Crippen molar-refractivity contribution in [3.05, 3.63) is 83.7 Å². The molecule has 0 radical (unpaired) electrons. The number of hydrogen-bond donors (Lipinski definition) is 1. The number of nitrogens with one attached hydrogen (secondary N) is 1. The molecule has 6 nitrogen and oxygen atoms in total. The van der Waals surface area contributed by atoms with Crippen molar-refractivity contribution in [2.45, 2.75) is 18.9 Å². The van der Waals surface area contributed by atoms with Crippen LogP contribution in [0, 0.1) is 5.82 Å². The Kier molecular flexibility index (Phi) is 5.12. The average Bonchev–Trinajstić information content (AvgIpc) is 3.35. The minimum absolute atomic E-state index is 0.0692. The van der Waals surface area contributed by atoms with E-state index in [-0.39, 0.29) is 17.6 Å². The Hall–Kier alpha value is -3.48. The summed E-state index contributed by atoms with van der Waals surface area (Å²) in [6.07, 6.45) is 4.79. The maximum Gasteiger partial charge on any atom is 0.252 e. The number of aryl methyl sites for hydroxylation is 1. The second-order valence-electron chi connectivity index (χ2n) is 7.05. The third-order valence-electron chi connectivity index (χ3n) is 5.09. The monoisotopic (exact) mass is 392 g/mol. The van der Waals surface area contributed by atoms with Crippen molar-refractivity contribution in [3.63, 3.8) is 0 Å². The molecule has 0 aliphatic carbocycles. The highest BCUT2D eigenvalue weighted by atomic mass is 19.1. The zero-order chi connectivity index (χ0) is 20.4. The lowest BCUT2D eigenvalue weighted by Gasteiger charge is -2.20. The third-order valence-corrected chi connectivity index (χ3v) is 5.09. The van der Waals surface area contributed by atoms with Gasteiger partial charge < -0.3 is 14.8 Å². The number of rotatable bonds is 5. The minimum Gasteiger partial charge on any atom is -0.338 e. The third kappa shape index (κ3) is 3.89.